The summed E-state index contributed by atoms with van der Waals surface area (Å²) in [6.45, 7) is 1.88. The van der Waals surface area contributed by atoms with E-state index >= 15 is 0 Å². The molecule has 4 nitrogen and oxygen atoms in total. The lowest BCUT2D eigenvalue weighted by Gasteiger charge is -2.18. The van der Waals surface area contributed by atoms with Crippen LogP contribution in [0, 0.1) is 12.8 Å². The highest BCUT2D eigenvalue weighted by atomic mass is 35.5. The minimum atomic E-state index is 0.0216. The van der Waals surface area contributed by atoms with Crippen LogP contribution in [0.2, 0.25) is 5.02 Å². The molecule has 5 heteroatoms. The zero-order valence-electron chi connectivity index (χ0n) is 10.9. The number of nitrogens with one attached hydrogen (secondary N) is 1. The standard InChI is InChI=1S/C14H17ClN2O2/c1-8-11(15)6-16-7-12(8)17-14(18)5-9-4-10-2-3-13(9)19-10/h6-7,9-10,13H,2-5H2,1H3,(H,17,18). The molecule has 0 saturated carbocycles. The Kier molecular flexibility index (Phi) is 3.46. The van der Waals surface area contributed by atoms with Gasteiger partial charge in [-0.1, -0.05) is 11.6 Å². The molecule has 2 aliphatic rings. The number of hydrogen-bond donors (Lipinski definition) is 1. The first-order valence-electron chi connectivity index (χ1n) is 6.69. The van der Waals surface area contributed by atoms with Gasteiger partial charge in [0.2, 0.25) is 5.91 Å². The van der Waals surface area contributed by atoms with Gasteiger partial charge in [-0.2, -0.15) is 0 Å². The first-order valence-corrected chi connectivity index (χ1v) is 7.06. The average Bonchev–Trinajstić information content (AvgIpc) is 2.97. The Morgan fingerprint density at radius 1 is 1.53 bits per heavy atom. The monoisotopic (exact) mass is 280 g/mol. The highest BCUT2D eigenvalue weighted by molar-refractivity contribution is 6.31. The summed E-state index contributed by atoms with van der Waals surface area (Å²) in [4.78, 5) is 16.1. The third-order valence-electron chi connectivity index (χ3n) is 4.11. The third kappa shape index (κ3) is 2.60. The van der Waals surface area contributed by atoms with Crippen LogP contribution in [0.15, 0.2) is 12.4 Å². The van der Waals surface area contributed by atoms with Crippen LogP contribution in [0.25, 0.3) is 0 Å². The number of anilines is 1. The van der Waals surface area contributed by atoms with Crippen molar-refractivity contribution in [2.75, 3.05) is 5.32 Å². The van der Waals surface area contributed by atoms with Gasteiger partial charge in [0, 0.05) is 12.6 Å². The molecule has 0 radical (unpaired) electrons. The fraction of sp³-hybridized carbons (Fsp3) is 0.571. The van der Waals surface area contributed by atoms with Crippen LogP contribution in [-0.4, -0.2) is 23.1 Å². The number of hydrogen-bond acceptors (Lipinski definition) is 3. The lowest BCUT2D eigenvalue weighted by Crippen LogP contribution is -2.23. The number of halogens is 1. The molecule has 0 aliphatic carbocycles. The molecule has 3 atom stereocenters. The van der Waals surface area contributed by atoms with Crippen LogP contribution < -0.4 is 5.32 Å². The van der Waals surface area contributed by atoms with Crippen LogP contribution in [-0.2, 0) is 9.53 Å². The summed E-state index contributed by atoms with van der Waals surface area (Å²) in [6, 6.07) is 0. The van der Waals surface area contributed by atoms with Gasteiger partial charge in [0.15, 0.2) is 0 Å². The number of fused-ring (bicyclic) bond motifs is 2. The molecule has 2 fully saturated rings. The molecule has 2 aliphatic heterocycles. The van der Waals surface area contributed by atoms with Crippen LogP contribution in [0.1, 0.15) is 31.2 Å². The first-order chi connectivity index (χ1) is 9.13. The van der Waals surface area contributed by atoms with Gasteiger partial charge in [0.05, 0.1) is 29.1 Å². The van der Waals surface area contributed by atoms with Crippen molar-refractivity contribution in [3.05, 3.63) is 23.0 Å². The second-order valence-electron chi connectivity index (χ2n) is 5.42. The van der Waals surface area contributed by atoms with Gasteiger partial charge in [-0.15, -0.1) is 0 Å². The predicted molar refractivity (Wildman–Crippen MR) is 73.2 cm³/mol. The van der Waals surface area contributed by atoms with E-state index in [2.05, 4.69) is 10.3 Å². The molecule has 1 amide bonds. The maximum atomic E-state index is 12.1. The quantitative estimate of drug-likeness (QED) is 0.926. The van der Waals surface area contributed by atoms with Crippen molar-refractivity contribution in [2.24, 2.45) is 5.92 Å². The maximum Gasteiger partial charge on any atom is 0.224 e. The van der Waals surface area contributed by atoms with Gasteiger partial charge in [-0.25, -0.2) is 0 Å². The number of carbonyl (C=O) groups excluding carboxylic acids is 1. The number of ether oxygens (including phenoxy) is 1. The summed E-state index contributed by atoms with van der Waals surface area (Å²) in [7, 11) is 0. The van der Waals surface area contributed by atoms with E-state index in [-0.39, 0.29) is 12.0 Å². The van der Waals surface area contributed by atoms with Gasteiger partial charge < -0.3 is 10.1 Å². The Morgan fingerprint density at radius 3 is 3.05 bits per heavy atom. The van der Waals surface area contributed by atoms with E-state index in [1.807, 2.05) is 6.92 Å². The molecule has 19 heavy (non-hydrogen) atoms. The van der Waals surface area contributed by atoms with Crippen molar-refractivity contribution in [2.45, 2.75) is 44.8 Å². The number of carbonyl (C=O) groups is 1. The number of nitrogens with zero attached hydrogens (tertiary/aromatic N) is 1. The molecular weight excluding hydrogens is 264 g/mol. The normalized spacial score (nSPS) is 28.6. The molecule has 0 spiro atoms. The summed E-state index contributed by atoms with van der Waals surface area (Å²) in [6.07, 6.45) is 7.68. The third-order valence-corrected chi connectivity index (χ3v) is 4.49. The number of rotatable bonds is 3. The summed E-state index contributed by atoms with van der Waals surface area (Å²) >= 11 is 5.99. The summed E-state index contributed by atoms with van der Waals surface area (Å²) in [5.41, 5.74) is 1.55. The Labute approximate surface area is 117 Å². The smallest absolute Gasteiger partial charge is 0.224 e. The van der Waals surface area contributed by atoms with E-state index in [1.54, 1.807) is 12.4 Å². The zero-order valence-corrected chi connectivity index (χ0v) is 11.6. The molecule has 3 heterocycles. The van der Waals surface area contributed by atoms with Crippen LogP contribution in [0.4, 0.5) is 5.69 Å². The Morgan fingerprint density at radius 2 is 2.37 bits per heavy atom. The SMILES string of the molecule is Cc1c(Cl)cncc1NC(=O)CC1CC2CCC1O2. The van der Waals surface area contributed by atoms with Crippen molar-refractivity contribution < 1.29 is 9.53 Å². The maximum absolute atomic E-state index is 12.1. The van der Waals surface area contributed by atoms with Crippen LogP contribution in [0.3, 0.4) is 0 Å². The van der Waals surface area contributed by atoms with Gasteiger partial charge >= 0.3 is 0 Å². The second kappa shape index (κ2) is 5.10. The summed E-state index contributed by atoms with van der Waals surface area (Å²) < 4.78 is 5.77. The molecule has 0 aromatic carbocycles. The van der Waals surface area contributed by atoms with Crippen LogP contribution in [0.5, 0.6) is 0 Å². The Bertz CT molecular complexity index is 506. The van der Waals surface area contributed by atoms with Gasteiger partial charge in [0.1, 0.15) is 0 Å². The minimum absolute atomic E-state index is 0.0216. The van der Waals surface area contributed by atoms with E-state index in [0.29, 0.717) is 29.2 Å². The van der Waals surface area contributed by atoms with E-state index in [1.165, 1.54) is 0 Å². The highest BCUT2D eigenvalue weighted by Crippen LogP contribution is 2.40. The van der Waals surface area contributed by atoms with Crippen molar-refractivity contribution in [3.8, 4) is 0 Å². The fourth-order valence-electron chi connectivity index (χ4n) is 3.02. The van der Waals surface area contributed by atoms with E-state index in [4.69, 9.17) is 16.3 Å². The highest BCUT2D eigenvalue weighted by Gasteiger charge is 2.41. The van der Waals surface area contributed by atoms with Crippen molar-refractivity contribution in [1.82, 2.24) is 4.98 Å². The van der Waals surface area contributed by atoms with E-state index < -0.39 is 0 Å². The molecule has 2 saturated heterocycles. The summed E-state index contributed by atoms with van der Waals surface area (Å²) in [5, 5.41) is 3.47. The molecule has 3 unspecified atom stereocenters. The molecule has 1 aromatic heterocycles. The number of pyridine rings is 1. The zero-order chi connectivity index (χ0) is 13.4. The van der Waals surface area contributed by atoms with Gasteiger partial charge in [0.25, 0.3) is 0 Å². The molecule has 1 N–H and O–H groups in total. The van der Waals surface area contributed by atoms with Crippen molar-refractivity contribution in [3.63, 3.8) is 0 Å². The lowest BCUT2D eigenvalue weighted by atomic mass is 9.87. The topological polar surface area (TPSA) is 51.2 Å². The van der Waals surface area contributed by atoms with E-state index in [9.17, 15) is 4.79 Å². The second-order valence-corrected chi connectivity index (χ2v) is 5.82. The lowest BCUT2D eigenvalue weighted by molar-refractivity contribution is -0.117. The van der Waals surface area contributed by atoms with Crippen molar-refractivity contribution in [1.29, 1.82) is 0 Å². The van der Waals surface area contributed by atoms with Gasteiger partial charge in [-0.05, 0) is 37.7 Å². The molecule has 3 rings (SSSR count). The van der Waals surface area contributed by atoms with Crippen LogP contribution >= 0.6 is 11.6 Å². The van der Waals surface area contributed by atoms with Crippen molar-refractivity contribution >= 4 is 23.2 Å². The fourth-order valence-corrected chi connectivity index (χ4v) is 3.18. The Balaban J connectivity index is 1.61. The molecule has 1 aromatic rings. The molecule has 2 bridgehead atoms. The van der Waals surface area contributed by atoms with Gasteiger partial charge in [-0.3, -0.25) is 9.78 Å². The van der Waals surface area contributed by atoms with E-state index in [0.717, 1.165) is 24.8 Å². The molecular formula is C14H17ClN2O2. The predicted octanol–water partition coefficient (Wildman–Crippen LogP) is 2.94. The number of aromatic nitrogens is 1. The minimum Gasteiger partial charge on any atom is -0.375 e. The largest absolute Gasteiger partial charge is 0.375 e. The number of amides is 1. The first kappa shape index (κ1) is 12.9. The summed E-state index contributed by atoms with van der Waals surface area (Å²) in [5.74, 6) is 0.388. The molecule has 102 valence electrons. The Hall–Kier alpha value is -1.13. The average molecular weight is 281 g/mol.